The maximum absolute atomic E-state index is 12.4. The van der Waals surface area contributed by atoms with Crippen LogP contribution in [0.1, 0.15) is 26.3 Å². The number of hydrogen-bond donors (Lipinski definition) is 0. The molecule has 0 N–H and O–H groups in total. The molecule has 8 heteroatoms. The highest BCUT2D eigenvalue weighted by molar-refractivity contribution is 8.15. The average Bonchev–Trinajstić information content (AvgIpc) is 2.93. The first kappa shape index (κ1) is 18.7. The number of benzene rings is 1. The minimum atomic E-state index is -3.06. The normalized spacial score (nSPS) is 26.9. The number of aliphatic imine (C=N–C) groups is 1. The van der Waals surface area contributed by atoms with E-state index in [4.69, 9.17) is 11.6 Å². The molecule has 5 nitrogen and oxygen atoms in total. The van der Waals surface area contributed by atoms with E-state index in [1.54, 1.807) is 6.07 Å². The predicted molar refractivity (Wildman–Crippen MR) is 103 cm³/mol. The first-order chi connectivity index (χ1) is 11.6. The lowest BCUT2D eigenvalue weighted by atomic mass is 9.96. The summed E-state index contributed by atoms with van der Waals surface area (Å²) in [5.74, 6) is 0.0176. The Morgan fingerprint density at radius 2 is 2.00 bits per heavy atom. The molecule has 0 bridgehead atoms. The van der Waals surface area contributed by atoms with Crippen LogP contribution in [0.5, 0.6) is 0 Å². The molecule has 0 aliphatic carbocycles. The van der Waals surface area contributed by atoms with Gasteiger partial charge in [0.1, 0.15) is 0 Å². The molecule has 0 radical (unpaired) electrons. The summed E-state index contributed by atoms with van der Waals surface area (Å²) in [5.41, 5.74) is 0.318. The zero-order chi connectivity index (χ0) is 18.4. The largest absolute Gasteiger partial charge is 0.342 e. The third kappa shape index (κ3) is 4.04. The van der Waals surface area contributed by atoms with E-state index in [9.17, 15) is 13.2 Å². The van der Waals surface area contributed by atoms with E-state index in [1.165, 1.54) is 11.8 Å². The highest BCUT2D eigenvalue weighted by atomic mass is 35.5. The second-order valence-corrected chi connectivity index (χ2v) is 11.2. The van der Waals surface area contributed by atoms with Crippen LogP contribution in [-0.4, -0.2) is 47.2 Å². The van der Waals surface area contributed by atoms with Crippen molar-refractivity contribution in [1.82, 2.24) is 4.90 Å². The van der Waals surface area contributed by atoms with Crippen LogP contribution < -0.4 is 0 Å². The molecule has 25 heavy (non-hydrogen) atoms. The molecule has 0 aromatic heterocycles. The van der Waals surface area contributed by atoms with Crippen LogP contribution in [0, 0.1) is 5.41 Å². The van der Waals surface area contributed by atoms with Gasteiger partial charge < -0.3 is 4.90 Å². The summed E-state index contributed by atoms with van der Waals surface area (Å²) in [6, 6.07) is 7.29. The summed E-state index contributed by atoms with van der Waals surface area (Å²) in [5, 5.41) is 1.14. The Morgan fingerprint density at radius 1 is 1.32 bits per heavy atom. The Kier molecular flexibility index (Phi) is 4.94. The second-order valence-electron chi connectivity index (χ2n) is 7.47. The number of sulfone groups is 1. The number of amidine groups is 1. The van der Waals surface area contributed by atoms with Crippen molar-refractivity contribution < 1.29 is 13.2 Å². The lowest BCUT2D eigenvalue weighted by Crippen LogP contribution is -2.37. The van der Waals surface area contributed by atoms with Gasteiger partial charge in [0.05, 0.1) is 17.5 Å². The zero-order valence-electron chi connectivity index (χ0n) is 14.4. The van der Waals surface area contributed by atoms with Crippen molar-refractivity contribution in [2.24, 2.45) is 10.4 Å². The number of nitrogens with zero attached hydrogens (tertiary/aromatic N) is 2. The fourth-order valence-corrected chi connectivity index (χ4v) is 7.03. The maximum Gasteiger partial charge on any atom is 0.253 e. The fourth-order valence-electron chi connectivity index (χ4n) is 2.89. The Balaban J connectivity index is 1.94. The maximum atomic E-state index is 12.4. The molecule has 2 unspecified atom stereocenters. The first-order valence-corrected chi connectivity index (χ1v) is 11.1. The Bertz CT molecular complexity index is 831. The molecular weight excluding hydrogens is 380 g/mol. The molecule has 0 saturated carbocycles. The quantitative estimate of drug-likeness (QED) is 0.763. The van der Waals surface area contributed by atoms with Crippen LogP contribution in [0.4, 0.5) is 0 Å². The minimum Gasteiger partial charge on any atom is -0.342 e. The number of hydrogen-bond acceptors (Lipinski definition) is 4. The predicted octanol–water partition coefficient (Wildman–Crippen LogP) is 2.98. The van der Waals surface area contributed by atoms with Crippen molar-refractivity contribution in [2.45, 2.75) is 38.6 Å². The molecule has 2 aliphatic heterocycles. The number of fused-ring (bicyclic) bond motifs is 1. The van der Waals surface area contributed by atoms with Crippen LogP contribution in [0.15, 0.2) is 29.3 Å². The lowest BCUT2D eigenvalue weighted by molar-refractivity contribution is -0.124. The van der Waals surface area contributed by atoms with E-state index in [-0.39, 0.29) is 28.7 Å². The fraction of sp³-hybridized carbons (Fsp3) is 0.529. The molecular formula is C17H21ClN2O3S2. The summed E-state index contributed by atoms with van der Waals surface area (Å²) >= 11 is 7.66. The zero-order valence-corrected chi connectivity index (χ0v) is 16.8. The SMILES string of the molecule is CC(C)(C)C(=O)N=C1SC2CS(=O)(=O)CC2N1Cc1ccccc1Cl. The van der Waals surface area contributed by atoms with Crippen molar-refractivity contribution in [3.8, 4) is 0 Å². The Labute approximate surface area is 157 Å². The van der Waals surface area contributed by atoms with Gasteiger partial charge in [0.2, 0.25) is 0 Å². The summed E-state index contributed by atoms with van der Waals surface area (Å²) in [7, 11) is -3.06. The molecule has 0 spiro atoms. The van der Waals surface area contributed by atoms with Crippen molar-refractivity contribution >= 4 is 44.3 Å². The highest BCUT2D eigenvalue weighted by Gasteiger charge is 2.49. The standard InChI is InChI=1S/C17H21ClN2O3S2/c1-17(2,3)15(21)19-16-20(8-11-6-4-5-7-12(11)18)13-9-25(22,23)10-14(13)24-16/h4-7,13-14H,8-10H2,1-3H3. The van der Waals surface area contributed by atoms with Crippen molar-refractivity contribution in [3.63, 3.8) is 0 Å². The van der Waals surface area contributed by atoms with Crippen LogP contribution in [0.3, 0.4) is 0 Å². The van der Waals surface area contributed by atoms with E-state index < -0.39 is 15.3 Å². The third-order valence-corrected chi connectivity index (χ3v) is 7.93. The third-order valence-electron chi connectivity index (χ3n) is 4.31. The van der Waals surface area contributed by atoms with E-state index in [0.717, 1.165) is 5.56 Å². The number of thioether (sulfide) groups is 1. The van der Waals surface area contributed by atoms with Gasteiger partial charge in [-0.2, -0.15) is 4.99 Å². The monoisotopic (exact) mass is 400 g/mol. The summed E-state index contributed by atoms with van der Waals surface area (Å²) in [6.45, 7) is 5.91. The van der Waals surface area contributed by atoms with Crippen LogP contribution in [-0.2, 0) is 21.2 Å². The number of rotatable bonds is 2. The van der Waals surface area contributed by atoms with Gasteiger partial charge in [0.15, 0.2) is 15.0 Å². The highest BCUT2D eigenvalue weighted by Crippen LogP contribution is 2.39. The minimum absolute atomic E-state index is 0.0843. The molecule has 2 heterocycles. The summed E-state index contributed by atoms with van der Waals surface area (Å²) < 4.78 is 24.0. The van der Waals surface area contributed by atoms with E-state index in [0.29, 0.717) is 16.7 Å². The lowest BCUT2D eigenvalue weighted by Gasteiger charge is -2.25. The molecule has 2 saturated heterocycles. The molecule has 1 amide bonds. The van der Waals surface area contributed by atoms with Gasteiger partial charge in [-0.25, -0.2) is 8.42 Å². The van der Waals surface area contributed by atoms with Crippen molar-refractivity contribution in [3.05, 3.63) is 34.9 Å². The van der Waals surface area contributed by atoms with Gasteiger partial charge in [-0.1, -0.05) is 62.3 Å². The van der Waals surface area contributed by atoms with E-state index >= 15 is 0 Å². The van der Waals surface area contributed by atoms with Gasteiger partial charge in [0.25, 0.3) is 5.91 Å². The van der Waals surface area contributed by atoms with Gasteiger partial charge >= 0.3 is 0 Å². The first-order valence-electron chi connectivity index (χ1n) is 8.07. The summed E-state index contributed by atoms with van der Waals surface area (Å²) in [4.78, 5) is 18.6. The molecule has 1 aromatic carbocycles. The molecule has 2 fully saturated rings. The molecule has 2 aliphatic rings. The van der Waals surface area contributed by atoms with Crippen molar-refractivity contribution in [1.29, 1.82) is 0 Å². The molecule has 1 aromatic rings. The second kappa shape index (κ2) is 6.59. The van der Waals surface area contributed by atoms with E-state index in [1.807, 2.05) is 43.9 Å². The number of amides is 1. The smallest absolute Gasteiger partial charge is 0.253 e. The number of halogens is 1. The van der Waals surface area contributed by atoms with Gasteiger partial charge in [-0.05, 0) is 11.6 Å². The van der Waals surface area contributed by atoms with Gasteiger partial charge in [-0.15, -0.1) is 0 Å². The van der Waals surface area contributed by atoms with Crippen LogP contribution in [0.25, 0.3) is 0 Å². The molecule has 3 rings (SSSR count). The van der Waals surface area contributed by atoms with Crippen LogP contribution >= 0.6 is 23.4 Å². The number of carbonyl (C=O) groups is 1. The Hall–Kier alpha value is -1.05. The molecule has 136 valence electrons. The van der Waals surface area contributed by atoms with Gasteiger partial charge in [-0.3, -0.25) is 4.79 Å². The topological polar surface area (TPSA) is 66.8 Å². The van der Waals surface area contributed by atoms with Crippen LogP contribution in [0.2, 0.25) is 5.02 Å². The molecule has 2 atom stereocenters. The average molecular weight is 401 g/mol. The summed E-state index contributed by atoms with van der Waals surface area (Å²) in [6.07, 6.45) is 0. The van der Waals surface area contributed by atoms with E-state index in [2.05, 4.69) is 4.99 Å². The van der Waals surface area contributed by atoms with Gasteiger partial charge in [0, 0.05) is 22.2 Å². The number of carbonyl (C=O) groups excluding carboxylic acids is 1. The van der Waals surface area contributed by atoms with Crippen molar-refractivity contribution in [2.75, 3.05) is 11.5 Å². The Morgan fingerprint density at radius 3 is 2.64 bits per heavy atom.